The zero-order valence-corrected chi connectivity index (χ0v) is 18.8. The average molecular weight is 461 g/mol. The van der Waals surface area contributed by atoms with Crippen LogP contribution in [0.5, 0.6) is 0 Å². The van der Waals surface area contributed by atoms with E-state index in [1.807, 2.05) is 6.26 Å². The molecule has 0 aromatic rings. The van der Waals surface area contributed by atoms with Gasteiger partial charge < -0.3 is 31.5 Å². The first-order valence-electron chi connectivity index (χ1n) is 10.1. The first-order valence-corrected chi connectivity index (χ1v) is 11.5. The molecule has 6 N–H and O–H groups in total. The second-order valence-electron chi connectivity index (χ2n) is 7.72. The van der Waals surface area contributed by atoms with Crippen LogP contribution in [-0.4, -0.2) is 82.6 Å². The van der Waals surface area contributed by atoms with E-state index in [1.165, 1.54) is 11.8 Å². The number of hydrogen-bond acceptors (Lipinski definition) is 7. The summed E-state index contributed by atoms with van der Waals surface area (Å²) in [4.78, 5) is 60.3. The van der Waals surface area contributed by atoms with Crippen molar-refractivity contribution in [1.29, 1.82) is 0 Å². The number of thioether (sulfide) groups is 1. The van der Waals surface area contributed by atoms with Crippen LogP contribution in [0.4, 0.5) is 0 Å². The van der Waals surface area contributed by atoms with E-state index in [-0.39, 0.29) is 12.3 Å². The van der Waals surface area contributed by atoms with Gasteiger partial charge in [0.25, 0.3) is 0 Å². The van der Waals surface area contributed by atoms with Crippen LogP contribution in [0.1, 0.15) is 39.5 Å². The molecule has 1 aliphatic heterocycles. The van der Waals surface area contributed by atoms with Gasteiger partial charge in [0.1, 0.15) is 18.1 Å². The Kier molecular flexibility index (Phi) is 11.3. The Morgan fingerprint density at radius 3 is 2.16 bits per heavy atom. The van der Waals surface area contributed by atoms with Crippen molar-refractivity contribution in [3.05, 3.63) is 0 Å². The molecule has 1 fully saturated rings. The number of hydrogen-bond donors (Lipinski definition) is 6. The molecule has 1 heterocycles. The summed E-state index contributed by atoms with van der Waals surface area (Å²) in [5.41, 5.74) is 0. The first kappa shape index (κ1) is 26.7. The number of aliphatic carboxylic acids is 2. The van der Waals surface area contributed by atoms with Crippen LogP contribution in [0.3, 0.4) is 0 Å². The molecule has 0 aromatic carbocycles. The van der Waals surface area contributed by atoms with Crippen LogP contribution in [0.2, 0.25) is 0 Å². The van der Waals surface area contributed by atoms with Crippen molar-refractivity contribution in [3.63, 3.8) is 0 Å². The van der Waals surface area contributed by atoms with Crippen LogP contribution in [0, 0.1) is 5.92 Å². The van der Waals surface area contributed by atoms with E-state index >= 15 is 0 Å². The minimum atomic E-state index is -1.48. The Morgan fingerprint density at radius 2 is 1.68 bits per heavy atom. The molecule has 1 aliphatic rings. The van der Waals surface area contributed by atoms with Gasteiger partial charge in [0.05, 0.1) is 12.5 Å². The molecule has 1 saturated heterocycles. The summed E-state index contributed by atoms with van der Waals surface area (Å²) in [6.45, 7) is 3.89. The second-order valence-corrected chi connectivity index (χ2v) is 8.70. The average Bonchev–Trinajstić information content (AvgIpc) is 3.22. The van der Waals surface area contributed by atoms with Gasteiger partial charge in [0, 0.05) is 0 Å². The molecule has 0 aromatic heterocycles. The Morgan fingerprint density at radius 1 is 1.03 bits per heavy atom. The highest BCUT2D eigenvalue weighted by atomic mass is 32.2. The van der Waals surface area contributed by atoms with E-state index in [2.05, 4.69) is 21.3 Å². The third kappa shape index (κ3) is 9.13. The summed E-state index contributed by atoms with van der Waals surface area (Å²) in [5, 5.41) is 28.7. The maximum absolute atomic E-state index is 12.8. The molecule has 0 radical (unpaired) electrons. The Bertz CT molecular complexity index is 668. The lowest BCUT2D eigenvalue weighted by molar-refractivity contribution is -0.144. The Hall–Kier alpha value is -2.34. The number of amides is 3. The maximum atomic E-state index is 12.8. The highest BCUT2D eigenvalue weighted by Gasteiger charge is 2.33. The largest absolute Gasteiger partial charge is 0.481 e. The van der Waals surface area contributed by atoms with Crippen molar-refractivity contribution < 1.29 is 34.2 Å². The fourth-order valence-corrected chi connectivity index (χ4v) is 3.58. The van der Waals surface area contributed by atoms with Gasteiger partial charge in [-0.2, -0.15) is 11.8 Å². The number of carbonyl (C=O) groups excluding carboxylic acids is 3. The highest BCUT2D eigenvalue weighted by Crippen LogP contribution is 2.08. The van der Waals surface area contributed by atoms with Crippen molar-refractivity contribution in [2.24, 2.45) is 5.92 Å². The fraction of sp³-hybridized carbons (Fsp3) is 0.737. The van der Waals surface area contributed by atoms with Gasteiger partial charge >= 0.3 is 11.9 Å². The second kappa shape index (κ2) is 13.2. The minimum absolute atomic E-state index is 0.288. The van der Waals surface area contributed by atoms with Crippen LogP contribution < -0.4 is 21.3 Å². The Labute approximate surface area is 185 Å². The first-order chi connectivity index (χ1) is 14.6. The molecule has 12 heteroatoms. The zero-order chi connectivity index (χ0) is 23.6. The lowest BCUT2D eigenvalue weighted by atomic mass is 10.0. The van der Waals surface area contributed by atoms with E-state index in [9.17, 15) is 29.1 Å². The van der Waals surface area contributed by atoms with Crippen LogP contribution >= 0.6 is 11.8 Å². The van der Waals surface area contributed by atoms with E-state index in [0.717, 1.165) is 6.42 Å². The minimum Gasteiger partial charge on any atom is -0.481 e. The summed E-state index contributed by atoms with van der Waals surface area (Å²) in [5.74, 6) is -4.43. The standard InChI is InChI=1S/C19H32N4O7S/c1-10(2)15(19(29)30)23-18(28)13(9-14(24)25)22-17(27)12(6-8-31-3)21-16(26)11-5-4-7-20-11/h10-13,15,20H,4-9H2,1-3H3,(H,21,26)(H,22,27)(H,23,28)(H,24,25)(H,29,30). The van der Waals surface area contributed by atoms with Crippen molar-refractivity contribution >= 4 is 41.4 Å². The maximum Gasteiger partial charge on any atom is 0.326 e. The van der Waals surface area contributed by atoms with E-state index in [0.29, 0.717) is 18.7 Å². The van der Waals surface area contributed by atoms with Crippen molar-refractivity contribution in [2.75, 3.05) is 18.6 Å². The van der Waals surface area contributed by atoms with Gasteiger partial charge in [-0.1, -0.05) is 13.8 Å². The zero-order valence-electron chi connectivity index (χ0n) is 18.0. The molecule has 11 nitrogen and oxygen atoms in total. The summed E-state index contributed by atoms with van der Waals surface area (Å²) in [6, 6.07) is -4.07. The van der Waals surface area contributed by atoms with Crippen LogP contribution in [0.15, 0.2) is 0 Å². The molecular formula is C19H32N4O7S. The number of carboxylic acid groups (broad SMARTS) is 2. The van der Waals surface area contributed by atoms with Crippen molar-refractivity contribution in [3.8, 4) is 0 Å². The number of nitrogens with one attached hydrogen (secondary N) is 4. The monoisotopic (exact) mass is 460 g/mol. The third-order valence-electron chi connectivity index (χ3n) is 4.86. The lowest BCUT2D eigenvalue weighted by Crippen LogP contribution is -2.58. The van der Waals surface area contributed by atoms with Crippen LogP contribution in [0.25, 0.3) is 0 Å². The molecule has 1 rings (SSSR count). The predicted octanol–water partition coefficient (Wildman–Crippen LogP) is -0.839. The van der Waals surface area contributed by atoms with Crippen LogP contribution in [-0.2, 0) is 24.0 Å². The van der Waals surface area contributed by atoms with Gasteiger partial charge in [-0.05, 0) is 43.7 Å². The number of carboxylic acids is 2. The molecular weight excluding hydrogens is 428 g/mol. The number of rotatable bonds is 13. The molecule has 3 amide bonds. The molecule has 176 valence electrons. The summed E-state index contributed by atoms with van der Waals surface area (Å²) in [7, 11) is 0. The van der Waals surface area contributed by atoms with Crippen molar-refractivity contribution in [1.82, 2.24) is 21.3 Å². The van der Waals surface area contributed by atoms with Gasteiger partial charge in [-0.15, -0.1) is 0 Å². The lowest BCUT2D eigenvalue weighted by Gasteiger charge is -2.25. The SMILES string of the molecule is CSCCC(NC(=O)C1CCCN1)C(=O)NC(CC(=O)O)C(=O)NC(C(=O)O)C(C)C. The van der Waals surface area contributed by atoms with Gasteiger partial charge in [0.15, 0.2) is 0 Å². The summed E-state index contributed by atoms with van der Waals surface area (Å²) < 4.78 is 0. The topological polar surface area (TPSA) is 174 Å². The van der Waals surface area contributed by atoms with E-state index in [1.54, 1.807) is 13.8 Å². The molecule has 31 heavy (non-hydrogen) atoms. The molecule has 4 atom stereocenters. The number of carbonyl (C=O) groups is 5. The summed E-state index contributed by atoms with van der Waals surface area (Å²) >= 11 is 1.47. The molecule has 0 saturated carbocycles. The third-order valence-corrected chi connectivity index (χ3v) is 5.51. The Balaban J connectivity index is 2.90. The molecule has 0 bridgehead atoms. The normalized spacial score (nSPS) is 18.6. The molecule has 0 spiro atoms. The smallest absolute Gasteiger partial charge is 0.326 e. The highest BCUT2D eigenvalue weighted by molar-refractivity contribution is 7.98. The van der Waals surface area contributed by atoms with Gasteiger partial charge in [-0.25, -0.2) is 4.79 Å². The van der Waals surface area contributed by atoms with Gasteiger partial charge in [-0.3, -0.25) is 19.2 Å². The van der Waals surface area contributed by atoms with Crippen molar-refractivity contribution in [2.45, 2.75) is 63.7 Å². The summed E-state index contributed by atoms with van der Waals surface area (Å²) in [6.07, 6.45) is 2.90. The fourth-order valence-electron chi connectivity index (χ4n) is 3.11. The quantitative estimate of drug-likeness (QED) is 0.205. The van der Waals surface area contributed by atoms with E-state index < -0.39 is 60.3 Å². The van der Waals surface area contributed by atoms with E-state index in [4.69, 9.17) is 5.11 Å². The molecule has 4 unspecified atom stereocenters. The predicted molar refractivity (Wildman–Crippen MR) is 115 cm³/mol. The van der Waals surface area contributed by atoms with Gasteiger partial charge in [0.2, 0.25) is 17.7 Å². The molecule has 0 aliphatic carbocycles.